The molecule has 92 valence electrons. The molecule has 0 fully saturated rings. The first-order chi connectivity index (χ1) is 8.20. The molecular weight excluding hydrogens is 223 g/mol. The summed E-state index contributed by atoms with van der Waals surface area (Å²) in [4.78, 5) is 4.18. The quantitative estimate of drug-likeness (QED) is 0.812. The second-order valence-electron chi connectivity index (χ2n) is 3.91. The van der Waals surface area contributed by atoms with Gasteiger partial charge in [0.2, 0.25) is 5.89 Å². The fourth-order valence-electron chi connectivity index (χ4n) is 1.65. The fraction of sp³-hybridized carbons (Fsp3) is 0.417. The standard InChI is InChI=1S/C12H15FN2O2/c1-16-6-2-3-9(14)12-15-10-7-8(13)4-5-11(10)17-12/h4-5,7,9H,2-3,6,14H2,1H3. The number of hydrogen-bond acceptors (Lipinski definition) is 4. The molecule has 1 unspecified atom stereocenters. The van der Waals surface area contributed by atoms with Crippen molar-refractivity contribution in [2.24, 2.45) is 5.73 Å². The molecule has 1 heterocycles. The average Bonchev–Trinajstić information content (AvgIpc) is 2.72. The van der Waals surface area contributed by atoms with E-state index in [0.29, 0.717) is 23.6 Å². The predicted molar refractivity (Wildman–Crippen MR) is 62.0 cm³/mol. The lowest BCUT2D eigenvalue weighted by atomic mass is 10.2. The van der Waals surface area contributed by atoms with Gasteiger partial charge in [-0.2, -0.15) is 0 Å². The predicted octanol–water partition coefficient (Wildman–Crippen LogP) is 2.39. The highest BCUT2D eigenvalue weighted by Crippen LogP contribution is 2.22. The number of ether oxygens (including phenoxy) is 1. The molecule has 0 amide bonds. The van der Waals surface area contributed by atoms with Crippen molar-refractivity contribution in [2.75, 3.05) is 13.7 Å². The lowest BCUT2D eigenvalue weighted by molar-refractivity contribution is 0.189. The molecule has 4 nitrogen and oxygen atoms in total. The van der Waals surface area contributed by atoms with Crippen molar-refractivity contribution in [3.8, 4) is 0 Å². The van der Waals surface area contributed by atoms with E-state index in [9.17, 15) is 4.39 Å². The molecule has 2 aromatic rings. The van der Waals surface area contributed by atoms with Crippen LogP contribution in [0.15, 0.2) is 22.6 Å². The van der Waals surface area contributed by atoms with Gasteiger partial charge in [0.15, 0.2) is 5.58 Å². The minimum atomic E-state index is -0.328. The van der Waals surface area contributed by atoms with Crippen molar-refractivity contribution in [3.05, 3.63) is 29.9 Å². The molecule has 0 spiro atoms. The highest BCUT2D eigenvalue weighted by molar-refractivity contribution is 5.72. The number of nitrogens with two attached hydrogens (primary N) is 1. The Morgan fingerprint density at radius 3 is 3.12 bits per heavy atom. The van der Waals surface area contributed by atoms with Gasteiger partial charge in [0.25, 0.3) is 0 Å². The van der Waals surface area contributed by atoms with Crippen molar-refractivity contribution >= 4 is 11.1 Å². The zero-order valence-electron chi connectivity index (χ0n) is 9.65. The summed E-state index contributed by atoms with van der Waals surface area (Å²) < 4.78 is 23.4. The van der Waals surface area contributed by atoms with Crippen molar-refractivity contribution in [3.63, 3.8) is 0 Å². The average molecular weight is 238 g/mol. The Kier molecular flexibility index (Phi) is 3.71. The Hall–Kier alpha value is -1.46. The van der Waals surface area contributed by atoms with E-state index < -0.39 is 0 Å². The summed E-state index contributed by atoms with van der Waals surface area (Å²) >= 11 is 0. The Labute approximate surface area is 98.6 Å². The molecule has 0 aliphatic heterocycles. The second kappa shape index (κ2) is 5.25. The molecule has 0 saturated carbocycles. The third-order valence-electron chi connectivity index (χ3n) is 2.55. The number of fused-ring (bicyclic) bond motifs is 1. The van der Waals surface area contributed by atoms with Crippen LogP contribution in [0.4, 0.5) is 4.39 Å². The largest absolute Gasteiger partial charge is 0.439 e. The van der Waals surface area contributed by atoms with Gasteiger partial charge >= 0.3 is 0 Å². The summed E-state index contributed by atoms with van der Waals surface area (Å²) in [5.41, 5.74) is 6.99. The van der Waals surface area contributed by atoms with Gasteiger partial charge in [0.1, 0.15) is 11.3 Å². The normalized spacial score (nSPS) is 13.1. The number of oxazole rings is 1. The maximum absolute atomic E-state index is 13.0. The minimum Gasteiger partial charge on any atom is -0.439 e. The molecule has 2 rings (SSSR count). The highest BCUT2D eigenvalue weighted by atomic mass is 19.1. The summed E-state index contributed by atoms with van der Waals surface area (Å²) in [6, 6.07) is 3.96. The zero-order chi connectivity index (χ0) is 12.3. The zero-order valence-corrected chi connectivity index (χ0v) is 9.65. The number of halogens is 1. The van der Waals surface area contributed by atoms with Crippen LogP contribution in [0.1, 0.15) is 24.8 Å². The molecule has 0 aliphatic carbocycles. The van der Waals surface area contributed by atoms with Crippen molar-refractivity contribution < 1.29 is 13.5 Å². The van der Waals surface area contributed by atoms with E-state index in [1.54, 1.807) is 13.2 Å². The number of benzene rings is 1. The van der Waals surface area contributed by atoms with Crippen LogP contribution in [0.2, 0.25) is 0 Å². The number of hydrogen-bond donors (Lipinski definition) is 1. The van der Waals surface area contributed by atoms with Crippen molar-refractivity contribution in [1.29, 1.82) is 0 Å². The van der Waals surface area contributed by atoms with Crippen molar-refractivity contribution in [2.45, 2.75) is 18.9 Å². The summed E-state index contributed by atoms with van der Waals surface area (Å²) in [5, 5.41) is 0. The smallest absolute Gasteiger partial charge is 0.212 e. The minimum absolute atomic E-state index is 0.277. The van der Waals surface area contributed by atoms with Gasteiger partial charge in [-0.3, -0.25) is 0 Å². The van der Waals surface area contributed by atoms with E-state index in [1.807, 2.05) is 0 Å². The van der Waals surface area contributed by atoms with Crippen molar-refractivity contribution in [1.82, 2.24) is 4.98 Å². The first-order valence-corrected chi connectivity index (χ1v) is 5.51. The van der Waals surface area contributed by atoms with E-state index in [1.165, 1.54) is 12.1 Å². The SMILES string of the molecule is COCCCC(N)c1nc2cc(F)ccc2o1. The second-order valence-corrected chi connectivity index (χ2v) is 3.91. The van der Waals surface area contributed by atoms with Gasteiger partial charge in [-0.25, -0.2) is 9.37 Å². The van der Waals surface area contributed by atoms with E-state index in [4.69, 9.17) is 14.9 Å². The fourth-order valence-corrected chi connectivity index (χ4v) is 1.65. The van der Waals surface area contributed by atoms with Crippen LogP contribution < -0.4 is 5.73 Å². The van der Waals surface area contributed by atoms with Gasteiger partial charge in [-0.05, 0) is 25.0 Å². The first kappa shape index (κ1) is 12.0. The highest BCUT2D eigenvalue weighted by Gasteiger charge is 2.13. The molecule has 1 aromatic heterocycles. The molecule has 1 aromatic carbocycles. The van der Waals surface area contributed by atoms with Gasteiger partial charge in [0, 0.05) is 19.8 Å². The molecular formula is C12H15FN2O2. The molecule has 17 heavy (non-hydrogen) atoms. The van der Waals surface area contributed by atoms with Crippen LogP contribution in [0, 0.1) is 5.82 Å². The molecule has 5 heteroatoms. The topological polar surface area (TPSA) is 61.3 Å². The number of rotatable bonds is 5. The van der Waals surface area contributed by atoms with Crippen LogP contribution in [0.5, 0.6) is 0 Å². The van der Waals surface area contributed by atoms with Crippen LogP contribution in [-0.2, 0) is 4.74 Å². The maximum Gasteiger partial charge on any atom is 0.212 e. The summed E-state index contributed by atoms with van der Waals surface area (Å²) in [6.45, 7) is 0.655. The molecule has 2 N–H and O–H groups in total. The third kappa shape index (κ3) is 2.81. The third-order valence-corrected chi connectivity index (χ3v) is 2.55. The monoisotopic (exact) mass is 238 g/mol. The van der Waals surface area contributed by atoms with Crippen LogP contribution >= 0.6 is 0 Å². The molecule has 1 atom stereocenters. The summed E-state index contributed by atoms with van der Waals surface area (Å²) in [7, 11) is 1.65. The Balaban J connectivity index is 2.12. The van der Waals surface area contributed by atoms with Gasteiger partial charge in [-0.1, -0.05) is 0 Å². The van der Waals surface area contributed by atoms with Crippen LogP contribution in [-0.4, -0.2) is 18.7 Å². The molecule has 0 radical (unpaired) electrons. The summed E-state index contributed by atoms with van der Waals surface area (Å²) in [5.74, 6) is 0.118. The lowest BCUT2D eigenvalue weighted by Crippen LogP contribution is -2.11. The lowest BCUT2D eigenvalue weighted by Gasteiger charge is -2.05. The number of nitrogens with zero attached hydrogens (tertiary/aromatic N) is 1. The first-order valence-electron chi connectivity index (χ1n) is 5.51. The van der Waals surface area contributed by atoms with Gasteiger partial charge in [0.05, 0.1) is 6.04 Å². The van der Waals surface area contributed by atoms with Gasteiger partial charge < -0.3 is 14.9 Å². The van der Waals surface area contributed by atoms with E-state index in [-0.39, 0.29) is 11.9 Å². The van der Waals surface area contributed by atoms with E-state index in [0.717, 1.165) is 12.8 Å². The summed E-state index contributed by atoms with van der Waals surface area (Å²) in [6.07, 6.45) is 1.56. The maximum atomic E-state index is 13.0. The number of aromatic nitrogens is 1. The number of methoxy groups -OCH3 is 1. The molecule has 0 bridgehead atoms. The van der Waals surface area contributed by atoms with Crippen LogP contribution in [0.25, 0.3) is 11.1 Å². The Bertz CT molecular complexity index is 498. The van der Waals surface area contributed by atoms with Gasteiger partial charge in [-0.15, -0.1) is 0 Å². The van der Waals surface area contributed by atoms with E-state index >= 15 is 0 Å². The molecule has 0 saturated heterocycles. The van der Waals surface area contributed by atoms with Crippen LogP contribution in [0.3, 0.4) is 0 Å². The Morgan fingerprint density at radius 1 is 1.53 bits per heavy atom. The molecule has 0 aliphatic rings. The van der Waals surface area contributed by atoms with E-state index in [2.05, 4.69) is 4.98 Å². The Morgan fingerprint density at radius 2 is 2.35 bits per heavy atom.